The molecule has 3 N–H and O–H groups in total. The molecular weight excluding hydrogens is 345 g/mol. The first-order chi connectivity index (χ1) is 10.3. The van der Waals surface area contributed by atoms with Crippen LogP contribution in [0.5, 0.6) is 0 Å². The Labute approximate surface area is 156 Å². The summed E-state index contributed by atoms with van der Waals surface area (Å²) in [6.07, 6.45) is 4.18. The van der Waals surface area contributed by atoms with Crippen LogP contribution >= 0.6 is 24.8 Å². The van der Waals surface area contributed by atoms with E-state index in [1.807, 2.05) is 24.3 Å². The van der Waals surface area contributed by atoms with Crippen LogP contribution in [-0.2, 0) is 0 Å². The maximum Gasteiger partial charge on any atom is 0.255 e. The number of carbonyl (C=O) groups excluding carboxylic acids is 1. The molecule has 0 aliphatic heterocycles. The van der Waals surface area contributed by atoms with Gasteiger partial charge in [-0.2, -0.15) is 0 Å². The summed E-state index contributed by atoms with van der Waals surface area (Å²) in [7, 11) is 0. The molecule has 1 unspecified atom stereocenters. The van der Waals surface area contributed by atoms with Gasteiger partial charge in [-0.15, -0.1) is 24.8 Å². The molecule has 1 amide bonds. The summed E-state index contributed by atoms with van der Waals surface area (Å²) in [5, 5.41) is 2.83. The number of nitrogens with two attached hydrogens (primary N) is 1. The van der Waals surface area contributed by atoms with Crippen LogP contribution in [-0.4, -0.2) is 10.9 Å². The molecule has 2 rings (SSSR count). The highest BCUT2D eigenvalue weighted by atomic mass is 35.5. The number of halogens is 2. The van der Waals surface area contributed by atoms with Crippen molar-refractivity contribution in [1.29, 1.82) is 0 Å². The Kier molecular flexibility index (Phi) is 8.97. The molecule has 2 aromatic rings. The average Bonchev–Trinajstić information content (AvgIpc) is 2.46. The van der Waals surface area contributed by atoms with E-state index in [9.17, 15) is 4.79 Å². The molecule has 1 atom stereocenters. The first kappa shape index (κ1) is 22.4. The Morgan fingerprint density at radius 3 is 2.12 bits per heavy atom. The molecule has 1 aromatic heterocycles. The SMILES string of the molecule is CC(C)(C)CC(N)c1ccc(C(=O)Nc2ccncc2)cc1.Cl.Cl. The Balaban J connectivity index is 0.00000264. The molecule has 0 saturated heterocycles. The van der Waals surface area contributed by atoms with E-state index in [0.29, 0.717) is 5.56 Å². The lowest BCUT2D eigenvalue weighted by atomic mass is 9.86. The van der Waals surface area contributed by atoms with E-state index in [4.69, 9.17) is 5.73 Å². The Morgan fingerprint density at radius 2 is 1.62 bits per heavy atom. The molecule has 0 spiro atoms. The van der Waals surface area contributed by atoms with Crippen LogP contribution in [0.15, 0.2) is 48.8 Å². The minimum Gasteiger partial charge on any atom is -0.324 e. The van der Waals surface area contributed by atoms with Gasteiger partial charge in [0.2, 0.25) is 0 Å². The second kappa shape index (κ2) is 9.62. The van der Waals surface area contributed by atoms with Gasteiger partial charge in [-0.25, -0.2) is 0 Å². The summed E-state index contributed by atoms with van der Waals surface area (Å²) in [5.74, 6) is -0.137. The van der Waals surface area contributed by atoms with E-state index in [-0.39, 0.29) is 42.2 Å². The molecule has 1 heterocycles. The highest BCUT2D eigenvalue weighted by molar-refractivity contribution is 6.04. The first-order valence-corrected chi connectivity index (χ1v) is 7.42. The summed E-state index contributed by atoms with van der Waals surface area (Å²) in [5.41, 5.74) is 8.80. The van der Waals surface area contributed by atoms with Crippen LogP contribution < -0.4 is 11.1 Å². The van der Waals surface area contributed by atoms with Crippen LogP contribution in [0.1, 0.15) is 49.2 Å². The summed E-state index contributed by atoms with van der Waals surface area (Å²) in [4.78, 5) is 16.1. The third-order valence-electron chi connectivity index (χ3n) is 3.37. The number of benzene rings is 1. The Morgan fingerprint density at radius 1 is 1.08 bits per heavy atom. The summed E-state index contributed by atoms with van der Waals surface area (Å²) in [6.45, 7) is 6.51. The van der Waals surface area contributed by atoms with Gasteiger partial charge in [-0.05, 0) is 41.7 Å². The minimum atomic E-state index is -0.137. The molecule has 4 nitrogen and oxygen atoms in total. The second-order valence-electron chi connectivity index (χ2n) is 6.68. The number of nitrogens with zero attached hydrogens (tertiary/aromatic N) is 1. The average molecular weight is 370 g/mol. The number of rotatable bonds is 4. The van der Waals surface area contributed by atoms with E-state index in [1.54, 1.807) is 24.5 Å². The fraction of sp³-hybridized carbons (Fsp3) is 0.333. The molecule has 0 bridgehead atoms. The van der Waals surface area contributed by atoms with Crippen LogP contribution in [0, 0.1) is 5.41 Å². The van der Waals surface area contributed by atoms with Crippen molar-refractivity contribution in [3.63, 3.8) is 0 Å². The van der Waals surface area contributed by atoms with Crippen molar-refractivity contribution in [2.24, 2.45) is 11.1 Å². The number of hydrogen-bond donors (Lipinski definition) is 2. The Bertz CT molecular complexity index is 625. The van der Waals surface area contributed by atoms with Gasteiger partial charge in [0.05, 0.1) is 0 Å². The predicted molar refractivity (Wildman–Crippen MR) is 104 cm³/mol. The monoisotopic (exact) mass is 369 g/mol. The second-order valence-corrected chi connectivity index (χ2v) is 6.68. The standard InChI is InChI=1S/C18H23N3O.2ClH/c1-18(2,3)12-16(19)13-4-6-14(7-5-13)17(22)21-15-8-10-20-11-9-15;;/h4-11,16H,12,19H2,1-3H3,(H,20,21,22);2*1H. The van der Waals surface area contributed by atoms with Crippen molar-refractivity contribution in [3.8, 4) is 0 Å². The quantitative estimate of drug-likeness (QED) is 0.826. The van der Waals surface area contributed by atoms with E-state index >= 15 is 0 Å². The zero-order valence-corrected chi connectivity index (χ0v) is 15.8. The van der Waals surface area contributed by atoms with Crippen LogP contribution in [0.2, 0.25) is 0 Å². The molecule has 0 aliphatic rings. The molecule has 1 aromatic carbocycles. The number of pyridine rings is 1. The van der Waals surface area contributed by atoms with E-state index < -0.39 is 0 Å². The first-order valence-electron chi connectivity index (χ1n) is 7.42. The number of anilines is 1. The lowest BCUT2D eigenvalue weighted by Gasteiger charge is -2.23. The fourth-order valence-corrected chi connectivity index (χ4v) is 2.30. The third-order valence-corrected chi connectivity index (χ3v) is 3.37. The lowest BCUT2D eigenvalue weighted by Crippen LogP contribution is -2.19. The number of nitrogens with one attached hydrogen (secondary N) is 1. The molecule has 0 saturated carbocycles. The van der Waals surface area contributed by atoms with Crippen molar-refractivity contribution in [3.05, 3.63) is 59.9 Å². The van der Waals surface area contributed by atoms with Gasteiger partial charge in [0.15, 0.2) is 0 Å². The molecule has 0 fully saturated rings. The van der Waals surface area contributed by atoms with Gasteiger partial charge < -0.3 is 11.1 Å². The van der Waals surface area contributed by atoms with Crippen molar-refractivity contribution < 1.29 is 4.79 Å². The smallest absolute Gasteiger partial charge is 0.255 e. The van der Waals surface area contributed by atoms with Gasteiger partial charge in [0.1, 0.15) is 0 Å². The van der Waals surface area contributed by atoms with Gasteiger partial charge in [0.25, 0.3) is 5.91 Å². The zero-order chi connectivity index (χ0) is 16.2. The van der Waals surface area contributed by atoms with Gasteiger partial charge >= 0.3 is 0 Å². The summed E-state index contributed by atoms with van der Waals surface area (Å²) >= 11 is 0. The van der Waals surface area contributed by atoms with Crippen molar-refractivity contribution in [1.82, 2.24) is 4.98 Å². The van der Waals surface area contributed by atoms with Crippen LogP contribution in [0.4, 0.5) is 5.69 Å². The Hall–Kier alpha value is -1.62. The number of amides is 1. The number of aromatic nitrogens is 1. The van der Waals surface area contributed by atoms with Crippen molar-refractivity contribution in [2.45, 2.75) is 33.2 Å². The molecule has 0 radical (unpaired) electrons. The normalized spacial score (nSPS) is 11.7. The molecule has 24 heavy (non-hydrogen) atoms. The van der Waals surface area contributed by atoms with E-state index in [2.05, 4.69) is 31.1 Å². The number of hydrogen-bond acceptors (Lipinski definition) is 3. The third kappa shape index (κ3) is 6.87. The van der Waals surface area contributed by atoms with Gasteiger partial charge in [-0.1, -0.05) is 32.9 Å². The molecule has 132 valence electrons. The summed E-state index contributed by atoms with van der Waals surface area (Å²) in [6, 6.07) is 11.0. The zero-order valence-electron chi connectivity index (χ0n) is 14.2. The topological polar surface area (TPSA) is 68.0 Å². The molecule has 6 heteroatoms. The lowest BCUT2D eigenvalue weighted by molar-refractivity contribution is 0.102. The largest absolute Gasteiger partial charge is 0.324 e. The highest BCUT2D eigenvalue weighted by Crippen LogP contribution is 2.27. The van der Waals surface area contributed by atoms with Gasteiger partial charge in [-0.3, -0.25) is 9.78 Å². The van der Waals surface area contributed by atoms with Crippen molar-refractivity contribution in [2.75, 3.05) is 5.32 Å². The molecular formula is C18H25Cl2N3O. The van der Waals surface area contributed by atoms with Gasteiger partial charge in [0, 0.05) is 29.7 Å². The maximum atomic E-state index is 12.2. The molecule has 0 aliphatic carbocycles. The summed E-state index contributed by atoms with van der Waals surface area (Å²) < 4.78 is 0. The van der Waals surface area contributed by atoms with Crippen LogP contribution in [0.3, 0.4) is 0 Å². The fourth-order valence-electron chi connectivity index (χ4n) is 2.30. The van der Waals surface area contributed by atoms with E-state index in [0.717, 1.165) is 17.7 Å². The highest BCUT2D eigenvalue weighted by Gasteiger charge is 2.17. The van der Waals surface area contributed by atoms with Crippen LogP contribution in [0.25, 0.3) is 0 Å². The maximum absolute atomic E-state index is 12.2. The van der Waals surface area contributed by atoms with E-state index in [1.165, 1.54) is 0 Å². The number of carbonyl (C=O) groups is 1. The van der Waals surface area contributed by atoms with Crippen molar-refractivity contribution >= 4 is 36.4 Å². The minimum absolute atomic E-state index is 0. The predicted octanol–water partition coefficient (Wildman–Crippen LogP) is 4.61.